The Labute approximate surface area is 226 Å². The summed E-state index contributed by atoms with van der Waals surface area (Å²) in [4.78, 5) is 13.2. The first kappa shape index (κ1) is 24.3. The van der Waals surface area contributed by atoms with E-state index in [-0.39, 0.29) is 6.61 Å². The number of aromatic nitrogens is 5. The van der Waals surface area contributed by atoms with Gasteiger partial charge in [0, 0.05) is 30.3 Å². The van der Waals surface area contributed by atoms with Crippen molar-refractivity contribution in [2.75, 3.05) is 23.8 Å². The van der Waals surface area contributed by atoms with Gasteiger partial charge < -0.3 is 15.7 Å². The van der Waals surface area contributed by atoms with Gasteiger partial charge in [-0.25, -0.2) is 19.6 Å². The van der Waals surface area contributed by atoms with Crippen LogP contribution in [0.3, 0.4) is 0 Å². The van der Waals surface area contributed by atoms with E-state index in [0.29, 0.717) is 24.0 Å². The second-order valence-corrected chi connectivity index (χ2v) is 9.06. The monoisotopic (exact) mass is 513 g/mol. The van der Waals surface area contributed by atoms with Gasteiger partial charge in [-0.2, -0.15) is 5.10 Å². The van der Waals surface area contributed by atoms with E-state index >= 15 is 0 Å². The van der Waals surface area contributed by atoms with Crippen molar-refractivity contribution in [2.45, 2.75) is 5.54 Å². The number of nitrogens with zero attached hydrogens (tertiary/aromatic N) is 5. The number of aliphatic hydroxyl groups excluding tert-OH is 1. The maximum Gasteiger partial charge on any atom is 0.138 e. The number of anilines is 3. The zero-order chi connectivity index (χ0) is 26.5. The average Bonchev–Trinajstić information content (AvgIpc) is 3.42. The molecule has 0 radical (unpaired) electrons. The molecule has 6 rings (SSSR count). The Hall–Kier alpha value is -5.08. The molecule has 0 saturated heterocycles. The largest absolute Gasteiger partial charge is 0.395 e. The predicted octanol–water partition coefficient (Wildman–Crippen LogP) is 5.21. The number of benzene rings is 3. The molecule has 3 N–H and O–H groups in total. The molecular weight excluding hydrogens is 486 g/mol. The highest BCUT2D eigenvalue weighted by Gasteiger charge is 2.40. The molecule has 39 heavy (non-hydrogen) atoms. The highest BCUT2D eigenvalue weighted by molar-refractivity contribution is 5.82. The van der Waals surface area contributed by atoms with E-state index in [1.807, 2.05) is 36.7 Å². The molecule has 0 unspecified atom stereocenters. The van der Waals surface area contributed by atoms with Gasteiger partial charge in [0.15, 0.2) is 0 Å². The molecule has 0 saturated carbocycles. The Bertz CT molecular complexity index is 1570. The van der Waals surface area contributed by atoms with Crippen LogP contribution in [0, 0.1) is 0 Å². The van der Waals surface area contributed by atoms with E-state index < -0.39 is 5.54 Å². The summed E-state index contributed by atoms with van der Waals surface area (Å²) in [5, 5.41) is 21.4. The SMILES string of the molecule is OCCNc1cc(Nc2cc3c(cn2)cnn3C(c2ccccc2)(c2ccccc2)c2ccccc2)ncn1. The van der Waals surface area contributed by atoms with Crippen molar-refractivity contribution in [3.8, 4) is 0 Å². The Morgan fingerprint density at radius 1 is 0.667 bits per heavy atom. The van der Waals surface area contributed by atoms with Crippen LogP contribution in [0.5, 0.6) is 0 Å². The topological polar surface area (TPSA) is 101 Å². The Balaban J connectivity index is 1.54. The number of aliphatic hydroxyl groups is 1. The predicted molar refractivity (Wildman–Crippen MR) is 153 cm³/mol. The minimum Gasteiger partial charge on any atom is -0.395 e. The second kappa shape index (κ2) is 10.7. The van der Waals surface area contributed by atoms with Crippen molar-refractivity contribution < 1.29 is 5.11 Å². The molecule has 0 fully saturated rings. The standard InChI is InChI=1S/C31H27N7O/c39-17-16-32-28-19-30(35-22-34-28)37-29-18-27-23(20-33-29)21-36-38(27)31(24-10-4-1-5-11-24,25-12-6-2-7-13-25)26-14-8-3-9-15-26/h1-15,18-22,39H,16-17H2,(H2,32,33,34,35,37). The normalized spacial score (nSPS) is 11.4. The van der Waals surface area contributed by atoms with Crippen LogP contribution in [0.2, 0.25) is 0 Å². The summed E-state index contributed by atoms with van der Waals surface area (Å²) in [6, 6.07) is 35.1. The molecule has 0 atom stereocenters. The lowest BCUT2D eigenvalue weighted by molar-refractivity contribution is 0.311. The smallest absolute Gasteiger partial charge is 0.138 e. The quantitative estimate of drug-likeness (QED) is 0.228. The summed E-state index contributed by atoms with van der Waals surface area (Å²) in [5.41, 5.74) is 3.45. The van der Waals surface area contributed by atoms with E-state index in [1.54, 1.807) is 6.07 Å². The van der Waals surface area contributed by atoms with Crippen LogP contribution < -0.4 is 10.6 Å². The van der Waals surface area contributed by atoms with Crippen molar-refractivity contribution in [3.05, 3.63) is 139 Å². The second-order valence-electron chi connectivity index (χ2n) is 9.06. The summed E-state index contributed by atoms with van der Waals surface area (Å²) in [6.45, 7) is 0.418. The molecule has 0 amide bonds. The van der Waals surface area contributed by atoms with Crippen LogP contribution >= 0.6 is 0 Å². The van der Waals surface area contributed by atoms with Gasteiger partial charge >= 0.3 is 0 Å². The van der Waals surface area contributed by atoms with Crippen LogP contribution in [0.25, 0.3) is 10.9 Å². The molecular formula is C31H27N7O. The summed E-state index contributed by atoms with van der Waals surface area (Å²) in [5.74, 6) is 1.83. The number of fused-ring (bicyclic) bond motifs is 1. The van der Waals surface area contributed by atoms with Gasteiger partial charge in [-0.05, 0) is 16.7 Å². The van der Waals surface area contributed by atoms with Crippen molar-refractivity contribution in [2.24, 2.45) is 0 Å². The number of hydrogen-bond acceptors (Lipinski definition) is 7. The van der Waals surface area contributed by atoms with Gasteiger partial charge in [0.25, 0.3) is 0 Å². The van der Waals surface area contributed by atoms with Crippen LogP contribution in [0.15, 0.2) is 122 Å². The van der Waals surface area contributed by atoms with E-state index in [0.717, 1.165) is 27.6 Å². The lowest BCUT2D eigenvalue weighted by Crippen LogP contribution is -2.38. The van der Waals surface area contributed by atoms with Crippen LogP contribution in [0.4, 0.5) is 17.5 Å². The maximum atomic E-state index is 9.11. The molecule has 3 aromatic heterocycles. The van der Waals surface area contributed by atoms with Crippen molar-refractivity contribution in [1.82, 2.24) is 24.7 Å². The van der Waals surface area contributed by atoms with E-state index in [2.05, 4.69) is 103 Å². The van der Waals surface area contributed by atoms with Gasteiger partial charge in [-0.1, -0.05) is 91.0 Å². The first-order valence-corrected chi connectivity index (χ1v) is 12.7. The third-order valence-electron chi connectivity index (χ3n) is 6.69. The molecule has 0 spiro atoms. The zero-order valence-electron chi connectivity index (χ0n) is 21.1. The highest BCUT2D eigenvalue weighted by atomic mass is 16.3. The number of rotatable bonds is 9. The van der Waals surface area contributed by atoms with Gasteiger partial charge in [-0.3, -0.25) is 0 Å². The van der Waals surface area contributed by atoms with Crippen LogP contribution in [-0.2, 0) is 5.54 Å². The molecule has 8 heteroatoms. The van der Waals surface area contributed by atoms with Gasteiger partial charge in [0.2, 0.25) is 0 Å². The summed E-state index contributed by atoms with van der Waals surface area (Å²) in [6.07, 6.45) is 5.15. The van der Waals surface area contributed by atoms with E-state index in [4.69, 9.17) is 10.2 Å². The number of pyridine rings is 1. The maximum absolute atomic E-state index is 9.11. The van der Waals surface area contributed by atoms with E-state index in [1.165, 1.54) is 6.33 Å². The minimum atomic E-state index is -0.736. The first-order valence-electron chi connectivity index (χ1n) is 12.7. The fourth-order valence-electron chi connectivity index (χ4n) is 5.00. The Morgan fingerprint density at radius 3 is 1.82 bits per heavy atom. The molecule has 192 valence electrons. The van der Waals surface area contributed by atoms with Gasteiger partial charge in [0.1, 0.15) is 29.3 Å². The average molecular weight is 514 g/mol. The number of hydrogen-bond donors (Lipinski definition) is 3. The van der Waals surface area contributed by atoms with Crippen molar-refractivity contribution in [3.63, 3.8) is 0 Å². The third kappa shape index (κ3) is 4.58. The molecule has 8 nitrogen and oxygen atoms in total. The third-order valence-corrected chi connectivity index (χ3v) is 6.69. The van der Waals surface area contributed by atoms with Crippen LogP contribution in [-0.4, -0.2) is 43.0 Å². The van der Waals surface area contributed by atoms with Gasteiger partial charge in [0.05, 0.1) is 18.3 Å². The molecule has 0 aliphatic heterocycles. The fraction of sp³-hybridized carbons (Fsp3) is 0.0968. The number of nitrogens with one attached hydrogen (secondary N) is 2. The summed E-state index contributed by atoms with van der Waals surface area (Å²) in [7, 11) is 0. The first-order chi connectivity index (χ1) is 19.3. The summed E-state index contributed by atoms with van der Waals surface area (Å²) >= 11 is 0. The molecule has 3 aromatic carbocycles. The summed E-state index contributed by atoms with van der Waals surface area (Å²) < 4.78 is 2.09. The zero-order valence-corrected chi connectivity index (χ0v) is 21.1. The molecule has 6 aromatic rings. The minimum absolute atomic E-state index is 0.0149. The molecule has 0 aliphatic rings. The lowest BCUT2D eigenvalue weighted by atomic mass is 9.77. The van der Waals surface area contributed by atoms with E-state index in [9.17, 15) is 0 Å². The van der Waals surface area contributed by atoms with Gasteiger partial charge in [-0.15, -0.1) is 0 Å². The highest BCUT2D eigenvalue weighted by Crippen LogP contribution is 2.42. The van der Waals surface area contributed by atoms with Crippen molar-refractivity contribution >= 4 is 28.4 Å². The molecule has 0 bridgehead atoms. The molecule has 3 heterocycles. The fourth-order valence-corrected chi connectivity index (χ4v) is 5.00. The van der Waals surface area contributed by atoms with Crippen LogP contribution in [0.1, 0.15) is 16.7 Å². The van der Waals surface area contributed by atoms with Crippen molar-refractivity contribution in [1.29, 1.82) is 0 Å². The lowest BCUT2D eigenvalue weighted by Gasteiger charge is -2.37. The Kier molecular flexibility index (Phi) is 6.67. The Morgan fingerprint density at radius 2 is 1.23 bits per heavy atom. The molecule has 0 aliphatic carbocycles.